The molecule has 0 aliphatic carbocycles. The van der Waals surface area contributed by atoms with Gasteiger partial charge in [0.2, 0.25) is 5.91 Å². The fourth-order valence-electron chi connectivity index (χ4n) is 3.22. The lowest BCUT2D eigenvalue weighted by atomic mass is 9.94. The summed E-state index contributed by atoms with van der Waals surface area (Å²) >= 11 is 0. The van der Waals surface area contributed by atoms with Crippen molar-refractivity contribution in [1.29, 1.82) is 0 Å². The number of carbonyl (C=O) groups excluding carboxylic acids is 1. The SMILES string of the molecule is CNCCCC(=O)NC(c1ccccc1)c1ccc2c(c1)CCCO2.Cl. The van der Waals surface area contributed by atoms with Gasteiger partial charge in [0.05, 0.1) is 12.6 Å². The Kier molecular flexibility index (Phi) is 7.95. The van der Waals surface area contributed by atoms with Crippen LogP contribution in [0.4, 0.5) is 0 Å². The van der Waals surface area contributed by atoms with E-state index in [0.29, 0.717) is 6.42 Å². The Bertz CT molecular complexity index is 706. The minimum atomic E-state index is -0.129. The molecule has 1 amide bonds. The number of hydrogen-bond donors (Lipinski definition) is 2. The lowest BCUT2D eigenvalue weighted by molar-refractivity contribution is -0.121. The fraction of sp³-hybridized carbons (Fsp3) is 0.381. The lowest BCUT2D eigenvalue weighted by Crippen LogP contribution is -2.30. The Hall–Kier alpha value is -2.04. The highest BCUT2D eigenvalue weighted by Crippen LogP contribution is 2.30. The summed E-state index contributed by atoms with van der Waals surface area (Å²) in [7, 11) is 1.90. The highest BCUT2D eigenvalue weighted by atomic mass is 35.5. The molecule has 26 heavy (non-hydrogen) atoms. The molecule has 1 aliphatic rings. The summed E-state index contributed by atoms with van der Waals surface area (Å²) in [6.45, 7) is 1.64. The van der Waals surface area contributed by atoms with E-state index in [-0.39, 0.29) is 24.4 Å². The number of carbonyl (C=O) groups is 1. The van der Waals surface area contributed by atoms with E-state index in [1.54, 1.807) is 0 Å². The van der Waals surface area contributed by atoms with Crippen LogP contribution in [0.2, 0.25) is 0 Å². The van der Waals surface area contributed by atoms with Crippen molar-refractivity contribution >= 4 is 18.3 Å². The van der Waals surface area contributed by atoms with Gasteiger partial charge in [0, 0.05) is 6.42 Å². The standard InChI is InChI=1S/C21H26N2O2.ClH/c1-22-13-5-10-20(24)23-21(16-7-3-2-4-8-16)18-11-12-19-17(15-18)9-6-14-25-19;/h2-4,7-8,11-12,15,21-22H,5-6,9-10,13-14H2,1H3,(H,23,24);1H. The predicted molar refractivity (Wildman–Crippen MR) is 107 cm³/mol. The van der Waals surface area contributed by atoms with Gasteiger partial charge in [-0.1, -0.05) is 36.4 Å². The molecule has 4 nitrogen and oxygen atoms in total. The first kappa shape index (κ1) is 20.3. The molecule has 1 aliphatic heterocycles. The third-order valence-electron chi connectivity index (χ3n) is 4.53. The summed E-state index contributed by atoms with van der Waals surface area (Å²) in [6.07, 6.45) is 3.43. The van der Waals surface area contributed by atoms with Crippen LogP contribution in [0.1, 0.15) is 42.0 Å². The molecule has 0 spiro atoms. The predicted octanol–water partition coefficient (Wildman–Crippen LogP) is 3.64. The second-order valence-electron chi connectivity index (χ2n) is 6.44. The highest BCUT2D eigenvalue weighted by Gasteiger charge is 2.19. The quantitative estimate of drug-likeness (QED) is 0.727. The average molecular weight is 375 g/mol. The summed E-state index contributed by atoms with van der Waals surface area (Å²) in [5.74, 6) is 1.06. The molecule has 2 N–H and O–H groups in total. The van der Waals surface area contributed by atoms with Crippen LogP contribution in [0.25, 0.3) is 0 Å². The van der Waals surface area contributed by atoms with Gasteiger partial charge in [-0.05, 0) is 61.7 Å². The van der Waals surface area contributed by atoms with Crippen molar-refractivity contribution in [2.45, 2.75) is 31.7 Å². The number of amides is 1. The van der Waals surface area contributed by atoms with Gasteiger partial charge in [-0.3, -0.25) is 4.79 Å². The first-order valence-electron chi connectivity index (χ1n) is 9.02. The smallest absolute Gasteiger partial charge is 0.220 e. The molecule has 2 aromatic carbocycles. The van der Waals surface area contributed by atoms with Crippen molar-refractivity contribution in [2.75, 3.05) is 20.2 Å². The number of benzene rings is 2. The number of hydrogen-bond acceptors (Lipinski definition) is 3. The van der Waals surface area contributed by atoms with Gasteiger partial charge >= 0.3 is 0 Å². The highest BCUT2D eigenvalue weighted by molar-refractivity contribution is 5.85. The van der Waals surface area contributed by atoms with Crippen molar-refractivity contribution in [3.8, 4) is 5.75 Å². The van der Waals surface area contributed by atoms with Crippen LogP contribution in [0.15, 0.2) is 48.5 Å². The van der Waals surface area contributed by atoms with Crippen LogP contribution in [-0.2, 0) is 11.2 Å². The normalized spacial score (nSPS) is 13.7. The van der Waals surface area contributed by atoms with Crippen molar-refractivity contribution in [3.05, 3.63) is 65.2 Å². The van der Waals surface area contributed by atoms with E-state index in [1.165, 1.54) is 5.56 Å². The molecule has 3 rings (SSSR count). The summed E-state index contributed by atoms with van der Waals surface area (Å²) in [6, 6.07) is 16.3. The molecular formula is C21H27ClN2O2. The summed E-state index contributed by atoms with van der Waals surface area (Å²) in [5.41, 5.74) is 3.44. The van der Waals surface area contributed by atoms with E-state index in [4.69, 9.17) is 4.74 Å². The fourth-order valence-corrected chi connectivity index (χ4v) is 3.22. The van der Waals surface area contributed by atoms with E-state index in [2.05, 4.69) is 34.9 Å². The second-order valence-corrected chi connectivity index (χ2v) is 6.44. The Balaban J connectivity index is 0.00000243. The van der Waals surface area contributed by atoms with E-state index < -0.39 is 0 Å². The molecule has 0 aromatic heterocycles. The number of ether oxygens (including phenoxy) is 1. The van der Waals surface area contributed by atoms with E-state index in [1.807, 2.05) is 31.3 Å². The van der Waals surface area contributed by atoms with Crippen LogP contribution in [-0.4, -0.2) is 26.1 Å². The molecule has 1 atom stereocenters. The van der Waals surface area contributed by atoms with Crippen molar-refractivity contribution in [2.24, 2.45) is 0 Å². The van der Waals surface area contributed by atoms with Crippen LogP contribution in [0, 0.1) is 0 Å². The number of rotatable bonds is 7. The number of nitrogens with one attached hydrogen (secondary N) is 2. The molecule has 0 saturated heterocycles. The van der Waals surface area contributed by atoms with Crippen molar-refractivity contribution < 1.29 is 9.53 Å². The van der Waals surface area contributed by atoms with Crippen LogP contribution in [0.3, 0.4) is 0 Å². The molecule has 5 heteroatoms. The molecule has 1 unspecified atom stereocenters. The topological polar surface area (TPSA) is 50.4 Å². The van der Waals surface area contributed by atoms with Gasteiger partial charge in [0.1, 0.15) is 5.75 Å². The van der Waals surface area contributed by atoms with Crippen molar-refractivity contribution in [3.63, 3.8) is 0 Å². The number of halogens is 1. The molecular weight excluding hydrogens is 348 g/mol. The third kappa shape index (κ3) is 5.23. The van der Waals surface area contributed by atoms with Gasteiger partial charge in [-0.15, -0.1) is 12.4 Å². The van der Waals surface area contributed by atoms with E-state index in [9.17, 15) is 4.79 Å². The van der Waals surface area contributed by atoms with E-state index in [0.717, 1.165) is 49.3 Å². The van der Waals surface area contributed by atoms with Gasteiger partial charge in [-0.25, -0.2) is 0 Å². The third-order valence-corrected chi connectivity index (χ3v) is 4.53. The lowest BCUT2D eigenvalue weighted by Gasteiger charge is -2.23. The maximum absolute atomic E-state index is 12.4. The average Bonchev–Trinajstić information content (AvgIpc) is 2.66. The zero-order valence-electron chi connectivity index (χ0n) is 15.2. The molecule has 0 bridgehead atoms. The first-order valence-corrected chi connectivity index (χ1v) is 9.02. The van der Waals surface area contributed by atoms with Gasteiger partial charge < -0.3 is 15.4 Å². The first-order chi connectivity index (χ1) is 12.3. The molecule has 140 valence electrons. The van der Waals surface area contributed by atoms with Crippen molar-refractivity contribution in [1.82, 2.24) is 10.6 Å². The minimum Gasteiger partial charge on any atom is -0.493 e. The summed E-state index contributed by atoms with van der Waals surface area (Å²) < 4.78 is 5.72. The Morgan fingerprint density at radius 2 is 1.96 bits per heavy atom. The number of aryl methyl sites for hydroxylation is 1. The molecule has 1 heterocycles. The maximum atomic E-state index is 12.4. The number of fused-ring (bicyclic) bond motifs is 1. The van der Waals surface area contributed by atoms with Crippen LogP contribution in [0.5, 0.6) is 5.75 Å². The van der Waals surface area contributed by atoms with Crippen LogP contribution >= 0.6 is 12.4 Å². The van der Waals surface area contributed by atoms with Crippen LogP contribution < -0.4 is 15.4 Å². The van der Waals surface area contributed by atoms with E-state index >= 15 is 0 Å². The minimum absolute atomic E-state index is 0. The molecule has 0 saturated carbocycles. The summed E-state index contributed by atoms with van der Waals surface area (Å²) in [5, 5.41) is 6.29. The summed E-state index contributed by atoms with van der Waals surface area (Å²) in [4.78, 5) is 12.4. The molecule has 0 fully saturated rings. The zero-order valence-corrected chi connectivity index (χ0v) is 16.0. The maximum Gasteiger partial charge on any atom is 0.220 e. The molecule has 2 aromatic rings. The second kappa shape index (κ2) is 10.2. The Labute approximate surface area is 161 Å². The molecule has 0 radical (unpaired) electrons. The van der Waals surface area contributed by atoms with Gasteiger partial charge in [0.25, 0.3) is 0 Å². The van der Waals surface area contributed by atoms with Gasteiger partial charge in [-0.2, -0.15) is 0 Å². The monoisotopic (exact) mass is 374 g/mol. The Morgan fingerprint density at radius 3 is 2.73 bits per heavy atom. The zero-order chi connectivity index (χ0) is 17.5. The largest absolute Gasteiger partial charge is 0.493 e. The Morgan fingerprint density at radius 1 is 1.15 bits per heavy atom. The van der Waals surface area contributed by atoms with Gasteiger partial charge in [0.15, 0.2) is 0 Å².